The molecule has 0 atom stereocenters. The van der Waals surface area contributed by atoms with Crippen LogP contribution < -0.4 is 16.4 Å². The molecule has 0 spiro atoms. The number of amides is 1. The van der Waals surface area contributed by atoms with Gasteiger partial charge in [-0.25, -0.2) is 0 Å². The molecule has 29 heavy (non-hydrogen) atoms. The Hall–Kier alpha value is -3.28. The van der Waals surface area contributed by atoms with E-state index in [9.17, 15) is 4.79 Å². The summed E-state index contributed by atoms with van der Waals surface area (Å²) in [4.78, 5) is 16.9. The Balaban J connectivity index is 3.35. The highest BCUT2D eigenvalue weighted by Crippen LogP contribution is 2.19. The first-order chi connectivity index (χ1) is 13.9. The van der Waals surface area contributed by atoms with Crippen molar-refractivity contribution in [3.8, 4) is 0 Å². The molecule has 0 aliphatic heterocycles. The van der Waals surface area contributed by atoms with Gasteiger partial charge in [-0.1, -0.05) is 44.2 Å². The van der Waals surface area contributed by atoms with Gasteiger partial charge < -0.3 is 21.3 Å². The van der Waals surface area contributed by atoms with Gasteiger partial charge in [0.05, 0.1) is 11.4 Å². The third-order valence-electron chi connectivity index (χ3n) is 4.45. The molecule has 1 amide bonds. The summed E-state index contributed by atoms with van der Waals surface area (Å²) < 4.78 is 0. The second kappa shape index (κ2) is 12.2. The Kier molecular flexibility index (Phi) is 10.0. The van der Waals surface area contributed by atoms with Gasteiger partial charge in [-0.05, 0) is 37.1 Å². The Bertz CT molecular complexity index is 819. The molecule has 0 saturated heterocycles. The minimum Gasteiger partial charge on any atom is -0.398 e. The number of aliphatic imine (C=N–C) groups is 1. The number of rotatable bonds is 10. The molecule has 156 valence electrons. The molecule has 0 aliphatic carbocycles. The van der Waals surface area contributed by atoms with Crippen LogP contribution in [0, 0.1) is 0 Å². The van der Waals surface area contributed by atoms with Gasteiger partial charge >= 0.3 is 0 Å². The summed E-state index contributed by atoms with van der Waals surface area (Å²) in [5.41, 5.74) is 11.0. The van der Waals surface area contributed by atoms with Crippen LogP contribution in [0.25, 0.3) is 0 Å². The van der Waals surface area contributed by atoms with E-state index in [1.54, 1.807) is 21.1 Å². The SMILES string of the molecule is C=C(/C(=C\C(=C/CCC)C(N)=C(C)C(=NC)Nc1ccccc1)NC)N(C)C=O. The minimum atomic E-state index is 0.558. The molecule has 0 bridgehead atoms. The lowest BCUT2D eigenvalue weighted by Gasteiger charge is -2.19. The first-order valence-electron chi connectivity index (χ1n) is 9.62. The van der Waals surface area contributed by atoms with Gasteiger partial charge in [0.2, 0.25) is 6.41 Å². The molecule has 1 aromatic carbocycles. The third-order valence-corrected chi connectivity index (χ3v) is 4.45. The number of nitrogens with two attached hydrogens (primary N) is 1. The number of nitrogens with zero attached hydrogens (tertiary/aromatic N) is 2. The van der Waals surface area contributed by atoms with Crippen LogP contribution in [-0.4, -0.2) is 38.3 Å². The average molecular weight is 396 g/mol. The highest BCUT2D eigenvalue weighted by Gasteiger charge is 2.12. The van der Waals surface area contributed by atoms with Gasteiger partial charge in [0.15, 0.2) is 0 Å². The zero-order valence-corrected chi connectivity index (χ0v) is 18.1. The number of unbranched alkanes of at least 4 members (excludes halogenated alkanes) is 1. The fourth-order valence-corrected chi connectivity index (χ4v) is 2.57. The molecule has 0 aliphatic rings. The van der Waals surface area contributed by atoms with Crippen molar-refractivity contribution in [2.45, 2.75) is 26.7 Å². The molecule has 0 heterocycles. The maximum Gasteiger partial charge on any atom is 0.213 e. The Morgan fingerprint density at radius 1 is 1.31 bits per heavy atom. The van der Waals surface area contributed by atoms with Crippen molar-refractivity contribution in [3.63, 3.8) is 0 Å². The second-order valence-corrected chi connectivity index (χ2v) is 6.52. The number of allylic oxidation sites excluding steroid dienone is 2. The van der Waals surface area contributed by atoms with Crippen molar-refractivity contribution in [3.05, 3.63) is 77.3 Å². The lowest BCUT2D eigenvalue weighted by molar-refractivity contribution is -0.115. The van der Waals surface area contributed by atoms with Crippen molar-refractivity contribution >= 4 is 17.9 Å². The van der Waals surface area contributed by atoms with Crippen LogP contribution in [-0.2, 0) is 4.79 Å². The molecule has 0 unspecified atom stereocenters. The number of nitrogens with one attached hydrogen (secondary N) is 2. The number of hydrogen-bond donors (Lipinski definition) is 3. The number of amidine groups is 1. The van der Waals surface area contributed by atoms with E-state index in [4.69, 9.17) is 5.73 Å². The molecule has 1 aromatic rings. The third kappa shape index (κ3) is 6.99. The molecule has 6 heteroatoms. The van der Waals surface area contributed by atoms with Crippen LogP contribution in [0.2, 0.25) is 0 Å². The van der Waals surface area contributed by atoms with E-state index in [-0.39, 0.29) is 0 Å². The number of benzene rings is 1. The second-order valence-electron chi connectivity index (χ2n) is 6.52. The van der Waals surface area contributed by atoms with E-state index in [0.717, 1.165) is 36.1 Å². The molecule has 0 fully saturated rings. The minimum absolute atomic E-state index is 0.558. The zero-order valence-electron chi connectivity index (χ0n) is 18.1. The van der Waals surface area contributed by atoms with Crippen molar-refractivity contribution in [1.29, 1.82) is 0 Å². The van der Waals surface area contributed by atoms with Crippen LogP contribution in [0.5, 0.6) is 0 Å². The van der Waals surface area contributed by atoms with Crippen LogP contribution in [0.3, 0.4) is 0 Å². The van der Waals surface area contributed by atoms with E-state index >= 15 is 0 Å². The quantitative estimate of drug-likeness (QED) is 0.244. The Morgan fingerprint density at radius 2 is 1.97 bits per heavy atom. The summed E-state index contributed by atoms with van der Waals surface area (Å²) in [6, 6.07) is 9.83. The highest BCUT2D eigenvalue weighted by molar-refractivity contribution is 6.08. The number of carbonyl (C=O) groups excluding carboxylic acids is 1. The molecule has 1 rings (SSSR count). The van der Waals surface area contributed by atoms with Gasteiger partial charge in [0, 0.05) is 38.1 Å². The molecule has 0 aromatic heterocycles. The maximum atomic E-state index is 11.1. The Labute approximate surface area is 174 Å². The van der Waals surface area contributed by atoms with Crippen molar-refractivity contribution in [2.75, 3.05) is 26.5 Å². The van der Waals surface area contributed by atoms with Crippen molar-refractivity contribution in [2.24, 2.45) is 10.7 Å². The van der Waals surface area contributed by atoms with Gasteiger partial charge in [-0.2, -0.15) is 0 Å². The summed E-state index contributed by atoms with van der Waals surface area (Å²) in [5.74, 6) is 0.694. The average Bonchev–Trinajstić information content (AvgIpc) is 2.76. The molecule has 6 nitrogen and oxygen atoms in total. The van der Waals surface area contributed by atoms with E-state index in [0.29, 0.717) is 22.9 Å². The summed E-state index contributed by atoms with van der Waals surface area (Å²) in [6.07, 6.45) is 6.58. The van der Waals surface area contributed by atoms with Crippen LogP contribution in [0.1, 0.15) is 26.7 Å². The topological polar surface area (TPSA) is 82.8 Å². The number of hydrogen-bond acceptors (Lipinski definition) is 4. The van der Waals surface area contributed by atoms with E-state index in [1.165, 1.54) is 4.90 Å². The molecule has 0 saturated carbocycles. The van der Waals surface area contributed by atoms with Gasteiger partial charge in [-0.3, -0.25) is 9.79 Å². The van der Waals surface area contributed by atoms with Crippen LogP contribution >= 0.6 is 0 Å². The lowest BCUT2D eigenvalue weighted by Crippen LogP contribution is -2.22. The number of anilines is 1. The van der Waals surface area contributed by atoms with Gasteiger partial charge in [0.1, 0.15) is 5.84 Å². The van der Waals surface area contributed by atoms with E-state index < -0.39 is 0 Å². The largest absolute Gasteiger partial charge is 0.398 e. The highest BCUT2D eigenvalue weighted by atomic mass is 16.1. The first kappa shape index (κ1) is 23.8. The Morgan fingerprint density at radius 3 is 2.48 bits per heavy atom. The lowest BCUT2D eigenvalue weighted by atomic mass is 10.0. The molecular formula is C23H33N5O. The predicted octanol–water partition coefficient (Wildman–Crippen LogP) is 3.79. The monoisotopic (exact) mass is 395 g/mol. The normalized spacial score (nSPS) is 13.5. The van der Waals surface area contributed by atoms with Crippen LogP contribution in [0.15, 0.2) is 82.3 Å². The molecule has 0 radical (unpaired) electrons. The molecular weight excluding hydrogens is 362 g/mol. The zero-order chi connectivity index (χ0) is 21.8. The maximum absolute atomic E-state index is 11.1. The van der Waals surface area contributed by atoms with Crippen molar-refractivity contribution in [1.82, 2.24) is 10.2 Å². The number of para-hydroxylation sites is 1. The number of likely N-dealkylation sites (N-methyl/N-ethyl adjacent to an activating group) is 2. The van der Waals surface area contributed by atoms with Gasteiger partial charge in [0.25, 0.3) is 0 Å². The predicted molar refractivity (Wildman–Crippen MR) is 123 cm³/mol. The smallest absolute Gasteiger partial charge is 0.213 e. The first-order valence-corrected chi connectivity index (χ1v) is 9.62. The summed E-state index contributed by atoms with van der Waals surface area (Å²) in [5, 5.41) is 6.41. The molecule has 4 N–H and O–H groups in total. The fourth-order valence-electron chi connectivity index (χ4n) is 2.57. The fraction of sp³-hybridized carbons (Fsp3) is 0.304. The van der Waals surface area contributed by atoms with Crippen molar-refractivity contribution < 1.29 is 4.79 Å². The van der Waals surface area contributed by atoms with E-state index in [1.807, 2.05) is 43.3 Å². The summed E-state index contributed by atoms with van der Waals surface area (Å²) in [6.45, 7) is 8.03. The van der Waals surface area contributed by atoms with E-state index in [2.05, 4.69) is 35.2 Å². The number of carbonyl (C=O) groups is 1. The standard InChI is InChI=1S/C23H33N5O/c1-7-8-12-19(15-21(25-4)18(3)28(6)16-29)22(24)17(2)23(26-5)27-20-13-10-9-11-14-20/h9-16,25H,3,7-8,24H2,1-2,4-6H3,(H,26,27)/b19-12+,21-15+,22-17?. The van der Waals surface area contributed by atoms with Gasteiger partial charge in [-0.15, -0.1) is 0 Å². The summed E-state index contributed by atoms with van der Waals surface area (Å²) >= 11 is 0. The summed E-state index contributed by atoms with van der Waals surface area (Å²) in [7, 11) is 5.18. The van der Waals surface area contributed by atoms with Crippen LogP contribution in [0.4, 0.5) is 5.69 Å².